The predicted octanol–water partition coefficient (Wildman–Crippen LogP) is 4.87. The van der Waals surface area contributed by atoms with Crippen LogP contribution >= 0.6 is 27.7 Å². The molecule has 2 aromatic rings. The first-order valence-electron chi connectivity index (χ1n) is 6.11. The fourth-order valence-electron chi connectivity index (χ4n) is 2.06. The maximum Gasteiger partial charge on any atom is 0.104 e. The largest absolute Gasteiger partial charge is 0.384 e. The highest BCUT2D eigenvalue weighted by atomic mass is 79.9. The Morgan fingerprint density at radius 2 is 1.68 bits per heavy atom. The third-order valence-corrected chi connectivity index (χ3v) is 4.87. The number of hydrogen-bond acceptors (Lipinski definition) is 2. The second-order valence-electron chi connectivity index (χ2n) is 4.63. The van der Waals surface area contributed by atoms with E-state index in [1.807, 2.05) is 50.4 Å². The summed E-state index contributed by atoms with van der Waals surface area (Å²) in [6.45, 7) is 4.07. The molecule has 0 radical (unpaired) electrons. The van der Waals surface area contributed by atoms with Crippen molar-refractivity contribution in [1.29, 1.82) is 0 Å². The summed E-state index contributed by atoms with van der Waals surface area (Å²) in [7, 11) is 0. The molecular formula is C16H17BrOS. The predicted molar refractivity (Wildman–Crippen MR) is 85.9 cm³/mol. The highest BCUT2D eigenvalue weighted by Crippen LogP contribution is 2.30. The fraction of sp³-hybridized carbons (Fsp3) is 0.250. The molecule has 0 heterocycles. The van der Waals surface area contributed by atoms with Crippen molar-refractivity contribution >= 4 is 27.7 Å². The Hall–Kier alpha value is -0.770. The van der Waals surface area contributed by atoms with Crippen molar-refractivity contribution in [2.45, 2.75) is 24.8 Å². The van der Waals surface area contributed by atoms with Crippen molar-refractivity contribution in [2.75, 3.05) is 6.26 Å². The third kappa shape index (κ3) is 3.22. The van der Waals surface area contributed by atoms with E-state index in [-0.39, 0.29) is 0 Å². The molecule has 0 saturated heterocycles. The minimum Gasteiger partial charge on any atom is -0.384 e. The molecular weight excluding hydrogens is 320 g/mol. The Kier molecular flexibility index (Phi) is 4.71. The van der Waals surface area contributed by atoms with Crippen molar-refractivity contribution < 1.29 is 5.11 Å². The van der Waals surface area contributed by atoms with Crippen LogP contribution in [0.3, 0.4) is 0 Å². The van der Waals surface area contributed by atoms with Crippen LogP contribution in [0.4, 0.5) is 0 Å². The highest BCUT2D eigenvalue weighted by molar-refractivity contribution is 9.10. The van der Waals surface area contributed by atoms with Gasteiger partial charge < -0.3 is 5.11 Å². The number of thioether (sulfide) groups is 1. The average molecular weight is 337 g/mol. The monoisotopic (exact) mass is 336 g/mol. The number of hydrogen-bond donors (Lipinski definition) is 1. The first-order chi connectivity index (χ1) is 9.02. The van der Waals surface area contributed by atoms with Gasteiger partial charge >= 0.3 is 0 Å². The normalized spacial score (nSPS) is 12.5. The lowest BCUT2D eigenvalue weighted by Gasteiger charge is -2.16. The first kappa shape index (κ1) is 14.6. The van der Waals surface area contributed by atoms with Gasteiger partial charge in [0.05, 0.1) is 0 Å². The van der Waals surface area contributed by atoms with Crippen molar-refractivity contribution in [3.8, 4) is 0 Å². The molecule has 1 unspecified atom stereocenters. The zero-order chi connectivity index (χ0) is 14.0. The van der Waals surface area contributed by atoms with Crippen LogP contribution in [0.2, 0.25) is 0 Å². The molecule has 100 valence electrons. The van der Waals surface area contributed by atoms with Gasteiger partial charge in [0.2, 0.25) is 0 Å². The van der Waals surface area contributed by atoms with Gasteiger partial charge in [0.15, 0.2) is 0 Å². The smallest absolute Gasteiger partial charge is 0.104 e. The molecule has 1 nitrogen and oxygen atoms in total. The van der Waals surface area contributed by atoms with Gasteiger partial charge in [-0.1, -0.05) is 34.1 Å². The summed E-state index contributed by atoms with van der Waals surface area (Å²) >= 11 is 5.22. The number of benzene rings is 2. The van der Waals surface area contributed by atoms with Gasteiger partial charge in [-0.3, -0.25) is 0 Å². The van der Waals surface area contributed by atoms with Gasteiger partial charge in [0.25, 0.3) is 0 Å². The van der Waals surface area contributed by atoms with Crippen LogP contribution in [0.25, 0.3) is 0 Å². The van der Waals surface area contributed by atoms with Gasteiger partial charge in [-0.25, -0.2) is 0 Å². The van der Waals surface area contributed by atoms with Gasteiger partial charge in [-0.15, -0.1) is 11.8 Å². The molecule has 19 heavy (non-hydrogen) atoms. The molecule has 3 heteroatoms. The summed E-state index contributed by atoms with van der Waals surface area (Å²) in [5.74, 6) is 0. The molecule has 0 aromatic heterocycles. The maximum absolute atomic E-state index is 10.5. The number of halogens is 1. The standard InChI is InChI=1S/C16H17BrOS/c1-10-9-15(17)11(2)8-14(10)16(18)12-4-6-13(19-3)7-5-12/h4-9,16,18H,1-3H3. The van der Waals surface area contributed by atoms with E-state index in [0.717, 1.165) is 26.7 Å². The lowest BCUT2D eigenvalue weighted by molar-refractivity contribution is 0.219. The molecule has 0 saturated carbocycles. The van der Waals surface area contributed by atoms with E-state index in [9.17, 15) is 5.11 Å². The zero-order valence-corrected chi connectivity index (χ0v) is 13.7. The van der Waals surface area contributed by atoms with E-state index in [1.165, 1.54) is 4.90 Å². The van der Waals surface area contributed by atoms with E-state index in [0.29, 0.717) is 0 Å². The van der Waals surface area contributed by atoms with Crippen LogP contribution in [-0.4, -0.2) is 11.4 Å². The Balaban J connectivity index is 2.37. The third-order valence-electron chi connectivity index (χ3n) is 3.27. The van der Waals surface area contributed by atoms with Crippen molar-refractivity contribution in [1.82, 2.24) is 0 Å². The molecule has 1 N–H and O–H groups in total. The minimum absolute atomic E-state index is 0.567. The van der Waals surface area contributed by atoms with E-state index in [1.54, 1.807) is 11.8 Å². The molecule has 0 bridgehead atoms. The second-order valence-corrected chi connectivity index (χ2v) is 6.37. The van der Waals surface area contributed by atoms with Crippen LogP contribution in [0.15, 0.2) is 45.8 Å². The molecule has 0 fully saturated rings. The van der Waals surface area contributed by atoms with Crippen molar-refractivity contribution in [3.63, 3.8) is 0 Å². The summed E-state index contributed by atoms with van der Waals surface area (Å²) in [5.41, 5.74) is 4.14. The van der Waals surface area contributed by atoms with E-state index >= 15 is 0 Å². The van der Waals surface area contributed by atoms with Crippen LogP contribution in [0, 0.1) is 13.8 Å². The molecule has 0 aliphatic heterocycles. The Morgan fingerprint density at radius 3 is 2.26 bits per heavy atom. The lowest BCUT2D eigenvalue weighted by atomic mass is 9.96. The average Bonchev–Trinajstić information content (AvgIpc) is 2.42. The van der Waals surface area contributed by atoms with Gasteiger partial charge in [-0.2, -0.15) is 0 Å². The minimum atomic E-state index is -0.567. The second kappa shape index (κ2) is 6.12. The van der Waals surface area contributed by atoms with Crippen LogP contribution in [0.1, 0.15) is 28.4 Å². The molecule has 2 rings (SSSR count). The van der Waals surface area contributed by atoms with E-state index in [2.05, 4.69) is 22.0 Å². The van der Waals surface area contributed by atoms with E-state index < -0.39 is 6.10 Å². The van der Waals surface area contributed by atoms with Crippen molar-refractivity contribution in [2.24, 2.45) is 0 Å². The summed E-state index contributed by atoms with van der Waals surface area (Å²) in [6.07, 6.45) is 1.48. The molecule has 0 aliphatic rings. The molecule has 0 amide bonds. The fourth-order valence-corrected chi connectivity index (χ4v) is 2.93. The van der Waals surface area contributed by atoms with Crippen molar-refractivity contribution in [3.05, 3.63) is 63.1 Å². The Labute approximate surface area is 127 Å². The van der Waals surface area contributed by atoms with E-state index in [4.69, 9.17) is 0 Å². The number of aliphatic hydroxyl groups is 1. The summed E-state index contributed by atoms with van der Waals surface area (Å²) < 4.78 is 1.08. The Bertz CT molecular complexity index is 578. The molecule has 0 aliphatic carbocycles. The molecule has 1 atom stereocenters. The van der Waals surface area contributed by atoms with Crippen LogP contribution in [-0.2, 0) is 0 Å². The van der Waals surface area contributed by atoms with Crippen LogP contribution in [0.5, 0.6) is 0 Å². The van der Waals surface area contributed by atoms with Crippen LogP contribution < -0.4 is 0 Å². The molecule has 2 aromatic carbocycles. The van der Waals surface area contributed by atoms with Gasteiger partial charge in [-0.05, 0) is 60.6 Å². The highest BCUT2D eigenvalue weighted by Gasteiger charge is 2.14. The SMILES string of the molecule is CSc1ccc(C(O)c2cc(C)c(Br)cc2C)cc1. The summed E-state index contributed by atoms with van der Waals surface area (Å²) in [6, 6.07) is 12.2. The van der Waals surface area contributed by atoms with Gasteiger partial charge in [0.1, 0.15) is 6.10 Å². The lowest BCUT2D eigenvalue weighted by Crippen LogP contribution is -2.02. The number of rotatable bonds is 3. The zero-order valence-electron chi connectivity index (χ0n) is 11.3. The summed E-state index contributed by atoms with van der Waals surface area (Å²) in [5, 5.41) is 10.5. The Morgan fingerprint density at radius 1 is 1.05 bits per heavy atom. The maximum atomic E-state index is 10.5. The quantitative estimate of drug-likeness (QED) is 0.807. The molecule has 0 spiro atoms. The topological polar surface area (TPSA) is 20.2 Å². The first-order valence-corrected chi connectivity index (χ1v) is 8.13. The number of aliphatic hydroxyl groups excluding tert-OH is 1. The van der Waals surface area contributed by atoms with Gasteiger partial charge in [0, 0.05) is 9.37 Å². The summed E-state index contributed by atoms with van der Waals surface area (Å²) in [4.78, 5) is 1.21. The number of aryl methyl sites for hydroxylation is 2.